The van der Waals surface area contributed by atoms with Crippen molar-refractivity contribution in [1.82, 2.24) is 4.90 Å². The average Bonchev–Trinajstić information content (AvgIpc) is 2.57. The van der Waals surface area contributed by atoms with E-state index in [0.29, 0.717) is 5.00 Å². The average molecular weight is 224 g/mol. The molecule has 0 atom stereocenters. The van der Waals surface area contributed by atoms with Crippen molar-refractivity contribution >= 4 is 27.7 Å². The van der Waals surface area contributed by atoms with Crippen LogP contribution in [0.5, 0.6) is 0 Å². The molecule has 0 spiro atoms. The third kappa shape index (κ3) is 2.75. The quantitative estimate of drug-likeness (QED) is 0.339. The van der Waals surface area contributed by atoms with E-state index in [1.807, 2.05) is 6.07 Å². The van der Waals surface area contributed by atoms with Crippen LogP contribution in [0.2, 0.25) is 0 Å². The molecule has 0 bridgehead atoms. The van der Waals surface area contributed by atoms with Crippen molar-refractivity contribution in [2.75, 3.05) is 14.1 Å². The van der Waals surface area contributed by atoms with E-state index in [0.717, 1.165) is 11.3 Å². The zero-order valence-electron chi connectivity index (χ0n) is 8.17. The van der Waals surface area contributed by atoms with Crippen molar-refractivity contribution in [1.29, 1.82) is 5.26 Å². The lowest BCUT2D eigenvalue weighted by atomic mass is 10.3. The minimum absolute atomic E-state index is 0.0718. The number of hydrogen-bond acceptors (Lipinski definition) is 5. The third-order valence-corrected chi connectivity index (χ3v) is 2.40. The Morgan fingerprint density at radius 3 is 2.87 bits per heavy atom. The van der Waals surface area contributed by atoms with Crippen molar-refractivity contribution in [3.8, 4) is 6.07 Å². The predicted molar refractivity (Wildman–Crippen MR) is 57.5 cm³/mol. The van der Waals surface area contributed by atoms with Crippen LogP contribution >= 0.6 is 11.3 Å². The molecule has 0 amide bonds. The molecule has 0 radical (unpaired) electrons. The fourth-order valence-electron chi connectivity index (χ4n) is 0.803. The summed E-state index contributed by atoms with van der Waals surface area (Å²) in [7, 11) is 3.55. The molecule has 0 fully saturated rings. The Kier molecular flexibility index (Phi) is 3.36. The number of rotatable bonds is 3. The van der Waals surface area contributed by atoms with Gasteiger partial charge in [0.05, 0.1) is 16.8 Å². The van der Waals surface area contributed by atoms with E-state index in [9.17, 15) is 10.1 Å². The Hall–Kier alpha value is -1.94. The summed E-state index contributed by atoms with van der Waals surface area (Å²) in [5.74, 6) is 0. The topological polar surface area (TPSA) is 82.5 Å². The summed E-state index contributed by atoms with van der Waals surface area (Å²) in [6.07, 6.45) is 1.50. The maximum absolute atomic E-state index is 10.5. The van der Waals surface area contributed by atoms with E-state index >= 15 is 0 Å². The first-order valence-corrected chi connectivity index (χ1v) is 4.75. The van der Waals surface area contributed by atoms with Crippen molar-refractivity contribution in [3.63, 3.8) is 0 Å². The Bertz CT molecular complexity index is 444. The van der Waals surface area contributed by atoms with Gasteiger partial charge >= 0.3 is 5.00 Å². The Balaban J connectivity index is 3.07. The molecule has 6 nitrogen and oxygen atoms in total. The zero-order chi connectivity index (χ0) is 11.4. The van der Waals surface area contributed by atoms with Gasteiger partial charge in [-0.3, -0.25) is 10.1 Å². The zero-order valence-corrected chi connectivity index (χ0v) is 8.98. The van der Waals surface area contributed by atoms with Crippen LogP contribution in [0.3, 0.4) is 0 Å². The van der Waals surface area contributed by atoms with Gasteiger partial charge in [0.15, 0.2) is 0 Å². The molecule has 7 heteroatoms. The van der Waals surface area contributed by atoms with Gasteiger partial charge in [-0.1, -0.05) is 0 Å². The molecule has 0 aliphatic rings. The number of nitrogens with zero attached hydrogens (tertiary/aromatic N) is 4. The maximum Gasteiger partial charge on any atom is 0.327 e. The number of nitriles is 1. The smallest absolute Gasteiger partial charge is 0.327 e. The van der Waals surface area contributed by atoms with Crippen molar-refractivity contribution in [2.45, 2.75) is 0 Å². The summed E-state index contributed by atoms with van der Waals surface area (Å²) in [4.78, 5) is 15.6. The second-order valence-corrected chi connectivity index (χ2v) is 3.89. The standard InChI is InChI=1S/C8H8N4O2S/c1-11(2)5-10-8-6(4-9)3-7(15-8)12(13)14/h3,5H,1-2H3. The summed E-state index contributed by atoms with van der Waals surface area (Å²) in [5, 5.41) is 19.5. The first kappa shape index (κ1) is 11.1. The van der Waals surface area contributed by atoms with Crippen LogP contribution in [0.1, 0.15) is 5.56 Å². The first-order chi connectivity index (χ1) is 7.04. The fraction of sp³-hybridized carbons (Fsp3) is 0.250. The molecule has 0 N–H and O–H groups in total. The van der Waals surface area contributed by atoms with E-state index in [1.54, 1.807) is 19.0 Å². The number of hydrogen-bond donors (Lipinski definition) is 0. The highest BCUT2D eigenvalue weighted by atomic mass is 32.1. The van der Waals surface area contributed by atoms with Crippen LogP contribution in [0.4, 0.5) is 10.0 Å². The number of thiophene rings is 1. The van der Waals surface area contributed by atoms with Gasteiger partial charge in [-0.15, -0.1) is 0 Å². The highest BCUT2D eigenvalue weighted by Crippen LogP contribution is 2.35. The molecular weight excluding hydrogens is 216 g/mol. The van der Waals surface area contributed by atoms with E-state index in [-0.39, 0.29) is 10.6 Å². The van der Waals surface area contributed by atoms with Gasteiger partial charge in [0.25, 0.3) is 0 Å². The molecule has 1 aromatic rings. The predicted octanol–water partition coefficient (Wildman–Crippen LogP) is 1.75. The van der Waals surface area contributed by atoms with Crippen LogP contribution in [0.15, 0.2) is 11.1 Å². The molecule has 0 aliphatic heterocycles. The molecule has 1 rings (SSSR count). The second-order valence-electron chi connectivity index (χ2n) is 2.88. The van der Waals surface area contributed by atoms with Gasteiger partial charge in [0, 0.05) is 20.2 Å². The molecule has 1 heterocycles. The van der Waals surface area contributed by atoms with Gasteiger partial charge in [0.1, 0.15) is 11.1 Å². The van der Waals surface area contributed by atoms with Gasteiger partial charge in [-0.05, 0) is 11.3 Å². The molecule has 15 heavy (non-hydrogen) atoms. The van der Waals surface area contributed by atoms with Crippen LogP contribution in [0.25, 0.3) is 0 Å². The Morgan fingerprint density at radius 1 is 1.73 bits per heavy atom. The highest BCUT2D eigenvalue weighted by molar-refractivity contribution is 7.19. The fourth-order valence-corrected chi connectivity index (χ4v) is 1.57. The maximum atomic E-state index is 10.5. The van der Waals surface area contributed by atoms with E-state index in [1.165, 1.54) is 12.4 Å². The lowest BCUT2D eigenvalue weighted by molar-refractivity contribution is -0.380. The molecular formula is C8H8N4O2S. The SMILES string of the molecule is CN(C)C=Nc1sc([N+](=O)[O-])cc1C#N. The normalized spacial score (nSPS) is 10.2. The summed E-state index contributed by atoms with van der Waals surface area (Å²) in [5.41, 5.74) is 0.227. The third-order valence-electron chi connectivity index (χ3n) is 1.41. The monoisotopic (exact) mass is 224 g/mol. The molecule has 0 aromatic carbocycles. The van der Waals surface area contributed by atoms with Crippen LogP contribution < -0.4 is 0 Å². The Morgan fingerprint density at radius 2 is 2.40 bits per heavy atom. The molecule has 0 unspecified atom stereocenters. The van der Waals surface area contributed by atoms with Gasteiger partial charge in [-0.25, -0.2) is 4.99 Å². The minimum atomic E-state index is -0.528. The molecule has 0 saturated heterocycles. The molecule has 0 saturated carbocycles. The molecule has 1 aromatic heterocycles. The highest BCUT2D eigenvalue weighted by Gasteiger charge is 2.15. The van der Waals surface area contributed by atoms with Crippen LogP contribution in [0, 0.1) is 21.4 Å². The summed E-state index contributed by atoms with van der Waals surface area (Å²) >= 11 is 0.888. The summed E-state index contributed by atoms with van der Waals surface area (Å²) in [6, 6.07) is 3.10. The van der Waals surface area contributed by atoms with E-state index in [4.69, 9.17) is 5.26 Å². The summed E-state index contributed by atoms with van der Waals surface area (Å²) in [6.45, 7) is 0. The van der Waals surface area contributed by atoms with Crippen LogP contribution in [-0.2, 0) is 0 Å². The Labute approximate surface area is 90.2 Å². The number of nitro groups is 1. The largest absolute Gasteiger partial charge is 0.369 e. The van der Waals surface area contributed by atoms with E-state index < -0.39 is 4.92 Å². The summed E-state index contributed by atoms with van der Waals surface area (Å²) < 4.78 is 0. The van der Waals surface area contributed by atoms with Gasteiger partial charge in [-0.2, -0.15) is 5.26 Å². The lowest BCUT2D eigenvalue weighted by Crippen LogP contribution is -2.06. The van der Waals surface area contributed by atoms with Gasteiger partial charge < -0.3 is 4.90 Å². The second kappa shape index (κ2) is 4.52. The van der Waals surface area contributed by atoms with Crippen molar-refractivity contribution in [2.24, 2.45) is 4.99 Å². The minimum Gasteiger partial charge on any atom is -0.369 e. The van der Waals surface area contributed by atoms with Crippen molar-refractivity contribution in [3.05, 3.63) is 21.7 Å². The van der Waals surface area contributed by atoms with Crippen LogP contribution in [-0.4, -0.2) is 30.3 Å². The van der Waals surface area contributed by atoms with E-state index in [2.05, 4.69) is 4.99 Å². The number of aliphatic imine (C=N–C) groups is 1. The first-order valence-electron chi connectivity index (χ1n) is 3.93. The van der Waals surface area contributed by atoms with Crippen molar-refractivity contribution < 1.29 is 4.92 Å². The molecule has 78 valence electrons. The van der Waals surface area contributed by atoms with Gasteiger partial charge in [0.2, 0.25) is 0 Å². The molecule has 0 aliphatic carbocycles. The lowest BCUT2D eigenvalue weighted by Gasteiger charge is -2.00.